The first-order chi connectivity index (χ1) is 24.1. The van der Waals surface area contributed by atoms with Gasteiger partial charge in [-0.1, -0.05) is 168 Å². The first-order valence-electron chi connectivity index (χ1n) is 21.1. The third-order valence-corrected chi connectivity index (χ3v) is 9.74. The molecule has 0 aromatic carbocycles. The largest absolute Gasteiger partial charge is 0.544 e. The van der Waals surface area contributed by atoms with Gasteiger partial charge in [0.15, 0.2) is 6.10 Å². The number of ether oxygens (including phenoxy) is 3. The number of hydrogen-bond donors (Lipinski definition) is 0. The lowest BCUT2D eigenvalue weighted by atomic mass is 10.0. The van der Waals surface area contributed by atoms with E-state index in [9.17, 15) is 19.5 Å². The van der Waals surface area contributed by atoms with Crippen molar-refractivity contribution in [2.75, 3.05) is 41.0 Å². The Kier molecular flexibility index (Phi) is 33.3. The fraction of sp³-hybridized carbons (Fsp3) is 0.929. The minimum absolute atomic E-state index is 0.0488. The van der Waals surface area contributed by atoms with E-state index in [1.54, 1.807) is 21.1 Å². The Balaban J connectivity index is 4.33. The number of carbonyl (C=O) groups excluding carboxylic acids is 3. The molecular weight excluding hydrogens is 630 g/mol. The summed E-state index contributed by atoms with van der Waals surface area (Å²) in [5.74, 6) is -1.72. The molecule has 0 rings (SSSR count). The van der Waals surface area contributed by atoms with E-state index in [0.29, 0.717) is 12.8 Å². The molecular formula is C42H81NO7. The SMILES string of the molecule is CCCCCCCCCCCCCCCCCC(=O)OC(COCCC(C(=O)[O-])[N+](C)(C)C)COC(=O)CCCCCCCCCCCCC. The highest BCUT2D eigenvalue weighted by Gasteiger charge is 2.25. The predicted octanol–water partition coefficient (Wildman–Crippen LogP) is 9.64. The molecule has 0 heterocycles. The lowest BCUT2D eigenvalue weighted by Crippen LogP contribution is -2.55. The van der Waals surface area contributed by atoms with Gasteiger partial charge < -0.3 is 28.6 Å². The van der Waals surface area contributed by atoms with E-state index in [1.165, 1.54) is 128 Å². The molecule has 0 aliphatic heterocycles. The standard InChI is InChI=1S/C42H81NO7/c1-6-8-10-12-14-16-18-19-20-21-23-25-27-29-31-33-41(45)50-38(36-48-35-34-39(42(46)47)43(3,4)5)37-49-40(44)32-30-28-26-24-22-17-15-13-11-9-7-2/h38-39H,6-37H2,1-5H3. The van der Waals surface area contributed by atoms with Crippen molar-refractivity contribution in [1.82, 2.24) is 0 Å². The van der Waals surface area contributed by atoms with Crippen LogP contribution in [-0.4, -0.2) is 75.5 Å². The number of carbonyl (C=O) groups is 3. The zero-order chi connectivity index (χ0) is 37.1. The predicted molar refractivity (Wildman–Crippen MR) is 204 cm³/mol. The van der Waals surface area contributed by atoms with Gasteiger partial charge in [-0.3, -0.25) is 9.59 Å². The fourth-order valence-corrected chi connectivity index (χ4v) is 6.42. The molecule has 8 nitrogen and oxygen atoms in total. The molecule has 0 amide bonds. The Bertz CT molecular complexity index is 797. The van der Waals surface area contributed by atoms with Crippen LogP contribution in [0, 0.1) is 0 Å². The number of hydrogen-bond acceptors (Lipinski definition) is 7. The Morgan fingerprint density at radius 1 is 0.520 bits per heavy atom. The number of quaternary nitrogens is 1. The lowest BCUT2D eigenvalue weighted by Gasteiger charge is -2.34. The molecule has 0 aromatic heterocycles. The summed E-state index contributed by atoms with van der Waals surface area (Å²) >= 11 is 0. The average Bonchev–Trinajstić information content (AvgIpc) is 3.06. The minimum atomic E-state index is -1.12. The third-order valence-electron chi connectivity index (χ3n) is 9.74. The van der Waals surface area contributed by atoms with E-state index in [1.807, 2.05) is 0 Å². The topological polar surface area (TPSA) is 102 Å². The van der Waals surface area contributed by atoms with Gasteiger partial charge in [-0.05, 0) is 12.8 Å². The lowest BCUT2D eigenvalue weighted by molar-refractivity contribution is -0.889. The highest BCUT2D eigenvalue weighted by molar-refractivity contribution is 5.70. The van der Waals surface area contributed by atoms with Crippen LogP contribution in [0.15, 0.2) is 0 Å². The summed E-state index contributed by atoms with van der Waals surface area (Å²) in [6, 6.07) is -0.718. The first-order valence-corrected chi connectivity index (χ1v) is 21.1. The molecule has 296 valence electrons. The summed E-state index contributed by atoms with van der Waals surface area (Å²) in [6.07, 6.45) is 32.6. The number of rotatable bonds is 38. The summed E-state index contributed by atoms with van der Waals surface area (Å²) in [5, 5.41) is 11.6. The molecule has 0 saturated heterocycles. The van der Waals surface area contributed by atoms with Crippen LogP contribution in [-0.2, 0) is 28.6 Å². The van der Waals surface area contributed by atoms with Gasteiger partial charge in [0, 0.05) is 19.3 Å². The summed E-state index contributed by atoms with van der Waals surface area (Å²) < 4.78 is 17.1. The highest BCUT2D eigenvalue weighted by Crippen LogP contribution is 2.15. The maximum Gasteiger partial charge on any atom is 0.306 e. The van der Waals surface area contributed by atoms with Gasteiger partial charge in [0.1, 0.15) is 12.6 Å². The molecule has 0 radical (unpaired) electrons. The van der Waals surface area contributed by atoms with Gasteiger partial charge in [0.25, 0.3) is 0 Å². The summed E-state index contributed by atoms with van der Waals surface area (Å²) in [7, 11) is 5.41. The number of carboxylic acid groups (broad SMARTS) is 1. The Hall–Kier alpha value is -1.67. The van der Waals surface area contributed by atoms with E-state index in [-0.39, 0.29) is 42.7 Å². The Morgan fingerprint density at radius 2 is 0.880 bits per heavy atom. The molecule has 0 aliphatic carbocycles. The molecule has 0 fully saturated rings. The second-order valence-electron chi connectivity index (χ2n) is 15.6. The Morgan fingerprint density at radius 3 is 1.24 bits per heavy atom. The van der Waals surface area contributed by atoms with E-state index in [4.69, 9.17) is 14.2 Å². The first kappa shape index (κ1) is 48.3. The van der Waals surface area contributed by atoms with Crippen molar-refractivity contribution in [3.05, 3.63) is 0 Å². The number of aliphatic carboxylic acids is 1. The van der Waals surface area contributed by atoms with Gasteiger partial charge in [0.2, 0.25) is 0 Å². The second kappa shape index (κ2) is 34.4. The van der Waals surface area contributed by atoms with Crippen molar-refractivity contribution in [1.29, 1.82) is 0 Å². The van der Waals surface area contributed by atoms with Gasteiger partial charge in [-0.15, -0.1) is 0 Å². The fourth-order valence-electron chi connectivity index (χ4n) is 6.42. The summed E-state index contributed by atoms with van der Waals surface area (Å²) in [5.41, 5.74) is 0. The molecule has 0 aromatic rings. The van der Waals surface area contributed by atoms with Crippen molar-refractivity contribution in [3.63, 3.8) is 0 Å². The normalized spacial score (nSPS) is 12.9. The van der Waals surface area contributed by atoms with Crippen molar-refractivity contribution in [2.24, 2.45) is 0 Å². The number of esters is 2. The zero-order valence-electron chi connectivity index (χ0n) is 33.6. The maximum absolute atomic E-state index is 12.7. The van der Waals surface area contributed by atoms with Gasteiger partial charge in [-0.25, -0.2) is 0 Å². The second-order valence-corrected chi connectivity index (χ2v) is 15.6. The molecule has 0 bridgehead atoms. The monoisotopic (exact) mass is 712 g/mol. The van der Waals surface area contributed by atoms with Crippen LogP contribution in [0.2, 0.25) is 0 Å². The van der Waals surface area contributed by atoms with E-state index < -0.39 is 18.1 Å². The number of likely N-dealkylation sites (N-methyl/N-ethyl adjacent to an activating group) is 1. The van der Waals surface area contributed by atoms with Crippen LogP contribution in [0.25, 0.3) is 0 Å². The zero-order valence-corrected chi connectivity index (χ0v) is 33.6. The van der Waals surface area contributed by atoms with Crippen molar-refractivity contribution in [2.45, 2.75) is 212 Å². The van der Waals surface area contributed by atoms with Crippen LogP contribution in [0.3, 0.4) is 0 Å². The molecule has 8 heteroatoms. The molecule has 0 spiro atoms. The summed E-state index contributed by atoms with van der Waals surface area (Å²) in [4.78, 5) is 36.7. The van der Waals surface area contributed by atoms with Gasteiger partial charge >= 0.3 is 11.9 Å². The minimum Gasteiger partial charge on any atom is -0.544 e. The van der Waals surface area contributed by atoms with Gasteiger partial charge in [0.05, 0.1) is 40.3 Å². The average molecular weight is 712 g/mol. The number of nitrogens with zero attached hydrogens (tertiary/aromatic N) is 1. The molecule has 2 atom stereocenters. The van der Waals surface area contributed by atoms with Crippen molar-refractivity contribution in [3.8, 4) is 0 Å². The van der Waals surface area contributed by atoms with E-state index in [0.717, 1.165) is 38.5 Å². The number of carboxylic acids is 1. The van der Waals surface area contributed by atoms with Crippen LogP contribution in [0.1, 0.15) is 200 Å². The van der Waals surface area contributed by atoms with Crippen LogP contribution in [0.4, 0.5) is 0 Å². The van der Waals surface area contributed by atoms with Gasteiger partial charge in [-0.2, -0.15) is 0 Å². The quantitative estimate of drug-likeness (QED) is 0.0357. The molecule has 0 aliphatic rings. The van der Waals surface area contributed by atoms with E-state index in [2.05, 4.69) is 13.8 Å². The molecule has 0 saturated carbocycles. The van der Waals surface area contributed by atoms with E-state index >= 15 is 0 Å². The van der Waals surface area contributed by atoms with Crippen LogP contribution >= 0.6 is 0 Å². The smallest absolute Gasteiger partial charge is 0.306 e. The highest BCUT2D eigenvalue weighted by atomic mass is 16.6. The molecule has 2 unspecified atom stereocenters. The maximum atomic E-state index is 12.7. The number of unbranched alkanes of at least 4 members (excludes halogenated alkanes) is 24. The van der Waals surface area contributed by atoms with Crippen molar-refractivity contribution < 1.29 is 38.2 Å². The van der Waals surface area contributed by atoms with Crippen LogP contribution in [0.5, 0.6) is 0 Å². The van der Waals surface area contributed by atoms with Crippen LogP contribution < -0.4 is 5.11 Å². The third kappa shape index (κ3) is 32.3. The summed E-state index contributed by atoms with van der Waals surface area (Å²) in [6.45, 7) is 4.68. The molecule has 0 N–H and O–H groups in total. The Labute approximate surface area is 308 Å². The molecule has 50 heavy (non-hydrogen) atoms. The van der Waals surface area contributed by atoms with Crippen molar-refractivity contribution >= 4 is 17.9 Å².